The van der Waals surface area contributed by atoms with E-state index in [4.69, 9.17) is 5.73 Å². The van der Waals surface area contributed by atoms with Gasteiger partial charge in [0.25, 0.3) is 0 Å². The second kappa shape index (κ2) is 5.23. The number of primary amides is 1. The number of hydrogen-bond donors (Lipinski definition) is 1. The molecule has 5 heteroatoms. The zero-order valence-corrected chi connectivity index (χ0v) is 10.1. The molecule has 5 nitrogen and oxygen atoms in total. The third kappa shape index (κ3) is 2.79. The smallest absolute Gasteiger partial charge is 0.241 e. The van der Waals surface area contributed by atoms with Crippen molar-refractivity contribution in [2.75, 3.05) is 13.1 Å². The molecule has 0 aromatic carbocycles. The first-order valence-corrected chi connectivity index (χ1v) is 6.00. The van der Waals surface area contributed by atoms with Gasteiger partial charge in [0.15, 0.2) is 0 Å². The Hall–Kier alpha value is -1.49. The first-order chi connectivity index (χ1) is 8.18. The van der Waals surface area contributed by atoms with Crippen molar-refractivity contribution in [2.45, 2.75) is 32.2 Å². The number of carbonyl (C=O) groups excluding carboxylic acids is 1. The van der Waals surface area contributed by atoms with Crippen LogP contribution >= 0.6 is 0 Å². The summed E-state index contributed by atoms with van der Waals surface area (Å²) in [7, 11) is 0. The fourth-order valence-electron chi connectivity index (χ4n) is 2.23. The molecule has 1 aromatic rings. The molecule has 1 amide bonds. The van der Waals surface area contributed by atoms with Gasteiger partial charge in [0, 0.05) is 6.20 Å². The number of piperidine rings is 1. The van der Waals surface area contributed by atoms with Crippen LogP contribution in [0.1, 0.15) is 36.7 Å². The van der Waals surface area contributed by atoms with Crippen molar-refractivity contribution >= 4 is 5.91 Å². The topological polar surface area (TPSA) is 72.1 Å². The van der Waals surface area contributed by atoms with Crippen molar-refractivity contribution in [1.29, 1.82) is 0 Å². The van der Waals surface area contributed by atoms with E-state index in [0.29, 0.717) is 5.69 Å². The number of aromatic nitrogens is 2. The van der Waals surface area contributed by atoms with Gasteiger partial charge in [0.2, 0.25) is 5.91 Å². The molecule has 1 fully saturated rings. The minimum absolute atomic E-state index is 0.343. The molecule has 1 aliphatic rings. The molecular weight excluding hydrogens is 216 g/mol. The molecule has 0 bridgehead atoms. The Bertz CT molecular complexity index is 384. The lowest BCUT2D eigenvalue weighted by atomic mass is 10.1. The minimum Gasteiger partial charge on any atom is -0.368 e. The van der Waals surface area contributed by atoms with Gasteiger partial charge in [0.1, 0.15) is 6.04 Å². The first-order valence-electron chi connectivity index (χ1n) is 6.00. The molecule has 2 rings (SSSR count). The maximum Gasteiger partial charge on any atom is 0.241 e. The van der Waals surface area contributed by atoms with Crippen molar-refractivity contribution in [1.82, 2.24) is 14.9 Å². The molecule has 1 saturated heterocycles. The third-order valence-electron chi connectivity index (χ3n) is 3.11. The van der Waals surface area contributed by atoms with E-state index in [9.17, 15) is 4.79 Å². The standard InChI is InChI=1S/C12H18N4O/c1-9-7-15-10(8-14-9)11(12(13)17)16-5-3-2-4-6-16/h7-8,11H,2-6H2,1H3,(H2,13,17). The summed E-state index contributed by atoms with van der Waals surface area (Å²) < 4.78 is 0. The molecule has 1 unspecified atom stereocenters. The lowest BCUT2D eigenvalue weighted by molar-refractivity contribution is -0.124. The minimum atomic E-state index is -0.427. The lowest BCUT2D eigenvalue weighted by Crippen LogP contribution is -2.41. The Morgan fingerprint density at radius 1 is 1.29 bits per heavy atom. The monoisotopic (exact) mass is 234 g/mol. The van der Waals surface area contributed by atoms with Gasteiger partial charge in [-0.15, -0.1) is 0 Å². The van der Waals surface area contributed by atoms with E-state index in [1.807, 2.05) is 6.92 Å². The van der Waals surface area contributed by atoms with Gasteiger partial charge in [-0.3, -0.25) is 19.7 Å². The van der Waals surface area contributed by atoms with Gasteiger partial charge in [0.05, 0.1) is 17.6 Å². The van der Waals surface area contributed by atoms with E-state index >= 15 is 0 Å². The first kappa shape index (κ1) is 12.0. The summed E-state index contributed by atoms with van der Waals surface area (Å²) in [5, 5.41) is 0. The average molecular weight is 234 g/mol. The molecule has 1 atom stereocenters. The number of nitrogens with zero attached hydrogens (tertiary/aromatic N) is 3. The van der Waals surface area contributed by atoms with Crippen LogP contribution in [0.5, 0.6) is 0 Å². The summed E-state index contributed by atoms with van der Waals surface area (Å²) in [5.74, 6) is -0.343. The van der Waals surface area contributed by atoms with Crippen molar-refractivity contribution in [3.05, 3.63) is 23.8 Å². The van der Waals surface area contributed by atoms with Crippen molar-refractivity contribution in [2.24, 2.45) is 5.73 Å². The number of aryl methyl sites for hydroxylation is 1. The molecule has 0 aliphatic carbocycles. The molecule has 0 radical (unpaired) electrons. The molecule has 2 N–H and O–H groups in total. The number of likely N-dealkylation sites (tertiary alicyclic amines) is 1. The maximum absolute atomic E-state index is 11.6. The number of amides is 1. The predicted octanol–water partition coefficient (Wildman–Crippen LogP) is 0.797. The van der Waals surface area contributed by atoms with Crippen LogP contribution in [0.4, 0.5) is 0 Å². The van der Waals surface area contributed by atoms with Crippen LogP contribution in [-0.4, -0.2) is 33.9 Å². The highest BCUT2D eigenvalue weighted by atomic mass is 16.1. The van der Waals surface area contributed by atoms with Crippen LogP contribution < -0.4 is 5.73 Å². The largest absolute Gasteiger partial charge is 0.368 e. The fraction of sp³-hybridized carbons (Fsp3) is 0.583. The van der Waals surface area contributed by atoms with Crippen LogP contribution in [0.3, 0.4) is 0 Å². The Kier molecular flexibility index (Phi) is 3.68. The van der Waals surface area contributed by atoms with Crippen LogP contribution in [0, 0.1) is 6.92 Å². The van der Waals surface area contributed by atoms with E-state index in [0.717, 1.165) is 31.6 Å². The molecule has 17 heavy (non-hydrogen) atoms. The molecular formula is C12H18N4O. The van der Waals surface area contributed by atoms with Crippen LogP contribution in [-0.2, 0) is 4.79 Å². The van der Waals surface area contributed by atoms with Gasteiger partial charge < -0.3 is 5.73 Å². The average Bonchev–Trinajstić information content (AvgIpc) is 2.33. The lowest BCUT2D eigenvalue weighted by Gasteiger charge is -2.31. The Balaban J connectivity index is 2.21. The maximum atomic E-state index is 11.6. The van der Waals surface area contributed by atoms with Crippen molar-refractivity contribution in [3.63, 3.8) is 0 Å². The zero-order chi connectivity index (χ0) is 12.3. The van der Waals surface area contributed by atoms with E-state index in [-0.39, 0.29) is 5.91 Å². The van der Waals surface area contributed by atoms with E-state index in [2.05, 4.69) is 14.9 Å². The summed E-state index contributed by atoms with van der Waals surface area (Å²) in [6.07, 6.45) is 6.78. The van der Waals surface area contributed by atoms with Gasteiger partial charge >= 0.3 is 0 Å². The van der Waals surface area contributed by atoms with Crippen LogP contribution in [0.2, 0.25) is 0 Å². The Labute approximate surface area is 101 Å². The quantitative estimate of drug-likeness (QED) is 0.839. The van der Waals surface area contributed by atoms with Crippen molar-refractivity contribution in [3.8, 4) is 0 Å². The van der Waals surface area contributed by atoms with Crippen LogP contribution in [0.25, 0.3) is 0 Å². The summed E-state index contributed by atoms with van der Waals surface area (Å²) in [6, 6.07) is -0.427. The summed E-state index contributed by atoms with van der Waals surface area (Å²) in [6.45, 7) is 3.68. The Morgan fingerprint density at radius 3 is 2.53 bits per heavy atom. The van der Waals surface area contributed by atoms with E-state index in [1.165, 1.54) is 6.42 Å². The second-order valence-corrected chi connectivity index (χ2v) is 4.48. The highest BCUT2D eigenvalue weighted by Gasteiger charge is 2.28. The molecule has 1 aromatic heterocycles. The number of rotatable bonds is 3. The van der Waals surface area contributed by atoms with E-state index in [1.54, 1.807) is 12.4 Å². The van der Waals surface area contributed by atoms with Crippen molar-refractivity contribution < 1.29 is 4.79 Å². The predicted molar refractivity (Wildman–Crippen MR) is 64.1 cm³/mol. The zero-order valence-electron chi connectivity index (χ0n) is 10.1. The molecule has 1 aliphatic heterocycles. The van der Waals surface area contributed by atoms with Crippen LogP contribution in [0.15, 0.2) is 12.4 Å². The number of carbonyl (C=O) groups is 1. The van der Waals surface area contributed by atoms with Gasteiger partial charge in [-0.1, -0.05) is 6.42 Å². The third-order valence-corrected chi connectivity index (χ3v) is 3.11. The number of nitrogens with two attached hydrogens (primary N) is 1. The van der Waals surface area contributed by atoms with Gasteiger partial charge in [-0.2, -0.15) is 0 Å². The SMILES string of the molecule is Cc1cnc(C(C(N)=O)N2CCCCC2)cn1. The summed E-state index contributed by atoms with van der Waals surface area (Å²) >= 11 is 0. The molecule has 92 valence electrons. The fourth-order valence-corrected chi connectivity index (χ4v) is 2.23. The summed E-state index contributed by atoms with van der Waals surface area (Å²) in [4.78, 5) is 22.1. The molecule has 2 heterocycles. The van der Waals surface area contributed by atoms with Gasteiger partial charge in [-0.05, 0) is 32.9 Å². The van der Waals surface area contributed by atoms with E-state index < -0.39 is 6.04 Å². The highest BCUT2D eigenvalue weighted by molar-refractivity contribution is 5.80. The Morgan fingerprint density at radius 2 is 2.00 bits per heavy atom. The summed E-state index contributed by atoms with van der Waals surface area (Å²) in [5.41, 5.74) is 6.99. The molecule has 0 saturated carbocycles. The normalized spacial score (nSPS) is 18.9. The van der Waals surface area contributed by atoms with Gasteiger partial charge in [-0.25, -0.2) is 0 Å². The second-order valence-electron chi connectivity index (χ2n) is 4.48. The highest BCUT2D eigenvalue weighted by Crippen LogP contribution is 2.22. The molecule has 0 spiro atoms. The number of hydrogen-bond acceptors (Lipinski definition) is 4.